The topological polar surface area (TPSA) is 41.1 Å². The first-order chi connectivity index (χ1) is 9.58. The van der Waals surface area contributed by atoms with Crippen LogP contribution in [-0.4, -0.2) is 11.2 Å². The lowest BCUT2D eigenvalue weighted by atomic mass is 10.0. The highest BCUT2D eigenvalue weighted by Crippen LogP contribution is 2.26. The van der Waals surface area contributed by atoms with Gasteiger partial charge in [-0.1, -0.05) is 42.8 Å². The van der Waals surface area contributed by atoms with Crippen molar-refractivity contribution in [3.63, 3.8) is 0 Å². The SMILES string of the molecule is Cc1cc(Cl)c(F)c(C(=O)NNSC2CCCCC2)c1. The van der Waals surface area contributed by atoms with E-state index in [1.807, 2.05) is 0 Å². The van der Waals surface area contributed by atoms with Gasteiger partial charge in [-0.05, 0) is 37.5 Å². The minimum atomic E-state index is -0.681. The summed E-state index contributed by atoms with van der Waals surface area (Å²) in [6.45, 7) is 1.77. The van der Waals surface area contributed by atoms with Gasteiger partial charge in [-0.15, -0.1) is 0 Å². The zero-order chi connectivity index (χ0) is 14.5. The number of hydrogen-bond donors (Lipinski definition) is 2. The van der Waals surface area contributed by atoms with Gasteiger partial charge in [0.15, 0.2) is 5.82 Å². The quantitative estimate of drug-likeness (QED) is 0.651. The molecule has 0 radical (unpaired) electrons. The fraction of sp³-hybridized carbons (Fsp3) is 0.500. The molecule has 0 aliphatic heterocycles. The van der Waals surface area contributed by atoms with Crippen molar-refractivity contribution in [1.82, 2.24) is 10.3 Å². The van der Waals surface area contributed by atoms with E-state index in [4.69, 9.17) is 11.6 Å². The Morgan fingerprint density at radius 1 is 1.35 bits per heavy atom. The van der Waals surface area contributed by atoms with Crippen LogP contribution in [0.15, 0.2) is 12.1 Å². The number of halogens is 2. The van der Waals surface area contributed by atoms with Crippen molar-refractivity contribution in [2.24, 2.45) is 0 Å². The second-order valence-corrected chi connectivity index (χ2v) is 6.56. The first-order valence-electron chi connectivity index (χ1n) is 6.74. The second-order valence-electron chi connectivity index (χ2n) is 5.04. The van der Waals surface area contributed by atoms with Crippen LogP contribution < -0.4 is 10.3 Å². The lowest BCUT2D eigenvalue weighted by molar-refractivity contribution is 0.0943. The molecule has 0 bridgehead atoms. The third-order valence-corrected chi connectivity index (χ3v) is 4.66. The zero-order valence-corrected chi connectivity index (χ0v) is 12.9. The van der Waals surface area contributed by atoms with Crippen molar-refractivity contribution in [2.45, 2.75) is 44.3 Å². The number of amides is 1. The third-order valence-electron chi connectivity index (χ3n) is 3.36. The van der Waals surface area contributed by atoms with E-state index >= 15 is 0 Å². The Kier molecular flexibility index (Phi) is 5.69. The molecule has 1 saturated carbocycles. The Morgan fingerprint density at radius 3 is 2.75 bits per heavy atom. The number of carbonyl (C=O) groups excluding carboxylic acids is 1. The lowest BCUT2D eigenvalue weighted by Crippen LogP contribution is -2.35. The van der Waals surface area contributed by atoms with E-state index in [-0.39, 0.29) is 10.6 Å². The van der Waals surface area contributed by atoms with Crippen LogP contribution >= 0.6 is 23.5 Å². The monoisotopic (exact) mass is 316 g/mol. The number of nitrogens with one attached hydrogen (secondary N) is 2. The lowest BCUT2D eigenvalue weighted by Gasteiger charge is -2.21. The number of hydrogen-bond acceptors (Lipinski definition) is 3. The highest BCUT2D eigenvalue weighted by atomic mass is 35.5. The van der Waals surface area contributed by atoms with Crippen LogP contribution in [0.2, 0.25) is 5.02 Å². The van der Waals surface area contributed by atoms with Gasteiger partial charge >= 0.3 is 0 Å². The number of aryl methyl sites for hydroxylation is 1. The molecule has 1 aromatic rings. The molecule has 2 N–H and O–H groups in total. The van der Waals surface area contributed by atoms with Crippen molar-refractivity contribution >= 4 is 29.5 Å². The molecule has 0 atom stereocenters. The van der Waals surface area contributed by atoms with Gasteiger partial charge in [-0.2, -0.15) is 4.83 Å². The Balaban J connectivity index is 1.88. The predicted molar refractivity (Wildman–Crippen MR) is 81.2 cm³/mol. The molecule has 0 heterocycles. The van der Waals surface area contributed by atoms with E-state index in [1.165, 1.54) is 43.3 Å². The molecule has 2 rings (SSSR count). The highest BCUT2D eigenvalue weighted by molar-refractivity contribution is 7.98. The molecule has 1 aliphatic rings. The summed E-state index contributed by atoms with van der Waals surface area (Å²) in [6, 6.07) is 2.99. The molecule has 6 heteroatoms. The third kappa shape index (κ3) is 4.11. The van der Waals surface area contributed by atoms with Crippen molar-refractivity contribution in [3.05, 3.63) is 34.1 Å². The molecule has 0 aromatic heterocycles. The largest absolute Gasteiger partial charge is 0.277 e. The van der Waals surface area contributed by atoms with Crippen molar-refractivity contribution in [1.29, 1.82) is 0 Å². The number of rotatable bonds is 4. The average Bonchev–Trinajstić information content (AvgIpc) is 2.44. The summed E-state index contributed by atoms with van der Waals surface area (Å²) in [6.07, 6.45) is 6.05. The molecule has 0 saturated heterocycles. The van der Waals surface area contributed by atoms with E-state index in [0.717, 1.165) is 18.4 Å². The van der Waals surface area contributed by atoms with Gasteiger partial charge in [0.2, 0.25) is 0 Å². The van der Waals surface area contributed by atoms with Gasteiger partial charge in [0.05, 0.1) is 10.6 Å². The van der Waals surface area contributed by atoms with Crippen LogP contribution in [-0.2, 0) is 0 Å². The van der Waals surface area contributed by atoms with Gasteiger partial charge in [-0.3, -0.25) is 10.2 Å². The number of carbonyl (C=O) groups is 1. The smallest absolute Gasteiger partial charge is 0.269 e. The number of benzene rings is 1. The minimum Gasteiger partial charge on any atom is -0.277 e. The van der Waals surface area contributed by atoms with Crippen LogP contribution in [0.5, 0.6) is 0 Å². The molecule has 20 heavy (non-hydrogen) atoms. The normalized spacial score (nSPS) is 16.1. The zero-order valence-electron chi connectivity index (χ0n) is 11.3. The van der Waals surface area contributed by atoms with E-state index in [1.54, 1.807) is 6.92 Å². The van der Waals surface area contributed by atoms with Crippen LogP contribution in [0, 0.1) is 12.7 Å². The standard InChI is InChI=1S/C14H18ClFN2OS/c1-9-7-11(13(16)12(15)8-9)14(19)17-18-20-10-5-3-2-4-6-10/h7-8,10,18H,2-6H2,1H3,(H,17,19). The highest BCUT2D eigenvalue weighted by Gasteiger charge is 2.17. The Hall–Kier alpha value is -0.780. The number of hydrazine groups is 1. The fourth-order valence-corrected chi connectivity index (χ4v) is 3.46. The maximum atomic E-state index is 13.8. The van der Waals surface area contributed by atoms with E-state index in [9.17, 15) is 9.18 Å². The Labute approximate surface area is 127 Å². The molecule has 1 fully saturated rings. The summed E-state index contributed by atoms with van der Waals surface area (Å²) >= 11 is 7.24. The summed E-state index contributed by atoms with van der Waals surface area (Å²) in [5, 5.41) is 0.477. The van der Waals surface area contributed by atoms with E-state index < -0.39 is 11.7 Å². The minimum absolute atomic E-state index is 0.0323. The van der Waals surface area contributed by atoms with Gasteiger partial charge in [0.25, 0.3) is 5.91 Å². The van der Waals surface area contributed by atoms with Crippen LogP contribution in [0.25, 0.3) is 0 Å². The molecule has 1 aliphatic carbocycles. The first kappa shape index (κ1) is 15.6. The summed E-state index contributed by atoms with van der Waals surface area (Å²) < 4.78 is 13.8. The second kappa shape index (κ2) is 7.29. The van der Waals surface area contributed by atoms with Crippen molar-refractivity contribution in [2.75, 3.05) is 0 Å². The Morgan fingerprint density at radius 2 is 2.05 bits per heavy atom. The molecule has 3 nitrogen and oxygen atoms in total. The average molecular weight is 317 g/mol. The Bertz CT molecular complexity index is 492. The van der Waals surface area contributed by atoms with Gasteiger partial charge in [-0.25, -0.2) is 4.39 Å². The van der Waals surface area contributed by atoms with Gasteiger partial charge < -0.3 is 0 Å². The predicted octanol–water partition coefficient (Wildman–Crippen LogP) is 4.00. The molecule has 1 amide bonds. The van der Waals surface area contributed by atoms with Crippen molar-refractivity contribution in [3.8, 4) is 0 Å². The van der Waals surface area contributed by atoms with Gasteiger partial charge in [0.1, 0.15) is 0 Å². The summed E-state index contributed by atoms with van der Waals surface area (Å²) in [4.78, 5) is 14.8. The van der Waals surface area contributed by atoms with Crippen LogP contribution in [0.3, 0.4) is 0 Å². The molecule has 0 unspecified atom stereocenters. The summed E-state index contributed by atoms with van der Waals surface area (Å²) in [7, 11) is 0. The maximum absolute atomic E-state index is 13.8. The molecular formula is C14H18ClFN2OS. The molecule has 1 aromatic carbocycles. The fourth-order valence-electron chi connectivity index (χ4n) is 2.30. The van der Waals surface area contributed by atoms with Gasteiger partial charge in [0, 0.05) is 5.25 Å². The molecular weight excluding hydrogens is 299 g/mol. The first-order valence-corrected chi connectivity index (χ1v) is 8.00. The van der Waals surface area contributed by atoms with E-state index in [0.29, 0.717) is 5.25 Å². The summed E-state index contributed by atoms with van der Waals surface area (Å²) in [5.41, 5.74) is 3.23. The summed E-state index contributed by atoms with van der Waals surface area (Å²) in [5.74, 6) is -1.18. The van der Waals surface area contributed by atoms with Crippen LogP contribution in [0.1, 0.15) is 48.0 Å². The molecule has 110 valence electrons. The van der Waals surface area contributed by atoms with E-state index in [2.05, 4.69) is 10.3 Å². The van der Waals surface area contributed by atoms with Crippen LogP contribution in [0.4, 0.5) is 4.39 Å². The van der Waals surface area contributed by atoms with Crippen molar-refractivity contribution < 1.29 is 9.18 Å². The molecule has 0 spiro atoms. The maximum Gasteiger partial charge on any atom is 0.269 e.